The Morgan fingerprint density at radius 3 is 1.72 bits per heavy atom. The smallest absolute Gasteiger partial charge is 0.472 e. The first-order valence-electron chi connectivity index (χ1n) is 23.8. The van der Waals surface area contributed by atoms with E-state index in [4.69, 9.17) is 29.6 Å². The van der Waals surface area contributed by atoms with E-state index >= 15 is 0 Å². The number of hydrogen-bond donors (Lipinski definition) is 3. The van der Waals surface area contributed by atoms with E-state index in [1.165, 1.54) is 109 Å². The van der Waals surface area contributed by atoms with Crippen LogP contribution < -0.4 is 5.73 Å². The SMILES string of the molecule is CCCCCCCC/C=C\CCCCCCCCCCCC(=O)O[C@H](COC(=O)CCC/C=C\C/C=C\C/C=C\CC1OC1CCCCC)COP(=O)(O)OC[C@H](N)C(=O)O. The van der Waals surface area contributed by atoms with E-state index in [-0.39, 0.29) is 19.4 Å². The number of allylic oxidation sites excluding steroid dienone is 7. The molecule has 0 aromatic rings. The maximum atomic E-state index is 12.7. The van der Waals surface area contributed by atoms with Crippen LogP contribution in [-0.4, -0.2) is 72.1 Å². The first-order valence-corrected chi connectivity index (χ1v) is 25.3. The summed E-state index contributed by atoms with van der Waals surface area (Å²) >= 11 is 0. The highest BCUT2D eigenvalue weighted by atomic mass is 31.2. The van der Waals surface area contributed by atoms with Crippen molar-refractivity contribution in [3.63, 3.8) is 0 Å². The number of phosphoric acid groups is 1. The first kappa shape index (κ1) is 56.4. The molecule has 0 spiro atoms. The molecular weight excluding hydrogens is 797 g/mol. The molecule has 1 aliphatic rings. The number of hydrogen-bond acceptors (Lipinski definition) is 10. The second-order valence-electron chi connectivity index (χ2n) is 16.3. The summed E-state index contributed by atoms with van der Waals surface area (Å²) in [5, 5.41) is 8.91. The molecule has 12 nitrogen and oxygen atoms in total. The molecular formula is C48H84NO11P. The Bertz CT molecular complexity index is 1290. The zero-order valence-corrected chi connectivity index (χ0v) is 38.8. The van der Waals surface area contributed by atoms with Gasteiger partial charge in [-0.2, -0.15) is 0 Å². The van der Waals surface area contributed by atoms with Crippen LogP contribution in [0.25, 0.3) is 0 Å². The summed E-state index contributed by atoms with van der Waals surface area (Å²) in [6.07, 6.45) is 46.4. The number of unbranched alkanes of at least 4 members (excludes halogenated alkanes) is 18. The molecule has 1 rings (SSSR count). The second-order valence-corrected chi connectivity index (χ2v) is 17.7. The summed E-state index contributed by atoms with van der Waals surface area (Å²) in [4.78, 5) is 46.1. The van der Waals surface area contributed by atoms with E-state index < -0.39 is 51.1 Å². The van der Waals surface area contributed by atoms with Crippen LogP contribution in [0.1, 0.15) is 194 Å². The third-order valence-electron chi connectivity index (χ3n) is 10.5. The van der Waals surface area contributed by atoms with Gasteiger partial charge in [-0.05, 0) is 70.6 Å². The number of epoxide rings is 1. The van der Waals surface area contributed by atoms with Gasteiger partial charge in [0.05, 0.1) is 25.4 Å². The molecule has 0 saturated carbocycles. The summed E-state index contributed by atoms with van der Waals surface area (Å²) in [7, 11) is -4.74. The van der Waals surface area contributed by atoms with Gasteiger partial charge in [0.25, 0.3) is 0 Å². The van der Waals surface area contributed by atoms with Gasteiger partial charge >= 0.3 is 25.7 Å². The molecule has 61 heavy (non-hydrogen) atoms. The van der Waals surface area contributed by atoms with E-state index in [1.54, 1.807) is 0 Å². The van der Waals surface area contributed by atoms with Gasteiger partial charge in [-0.25, -0.2) is 4.57 Å². The van der Waals surface area contributed by atoms with Crippen molar-refractivity contribution in [3.05, 3.63) is 48.6 Å². The number of carbonyl (C=O) groups is 3. The minimum absolute atomic E-state index is 0.141. The molecule has 352 valence electrons. The highest BCUT2D eigenvalue weighted by molar-refractivity contribution is 7.47. The van der Waals surface area contributed by atoms with E-state index in [9.17, 15) is 23.8 Å². The lowest BCUT2D eigenvalue weighted by Crippen LogP contribution is -2.34. The number of nitrogens with two attached hydrogens (primary N) is 1. The Morgan fingerprint density at radius 2 is 1.10 bits per heavy atom. The van der Waals surface area contributed by atoms with Crippen molar-refractivity contribution in [2.75, 3.05) is 19.8 Å². The Labute approximate surface area is 369 Å². The fourth-order valence-corrected chi connectivity index (χ4v) is 7.40. The topological polar surface area (TPSA) is 184 Å². The third kappa shape index (κ3) is 36.6. The summed E-state index contributed by atoms with van der Waals surface area (Å²) in [5.74, 6) is -2.46. The zero-order chi connectivity index (χ0) is 44.7. The highest BCUT2D eigenvalue weighted by Gasteiger charge is 2.36. The van der Waals surface area contributed by atoms with Gasteiger partial charge in [0.2, 0.25) is 0 Å². The molecule has 1 saturated heterocycles. The lowest BCUT2D eigenvalue weighted by molar-refractivity contribution is -0.161. The number of aliphatic carboxylic acids is 1. The molecule has 0 aromatic carbocycles. The summed E-state index contributed by atoms with van der Waals surface area (Å²) in [5.41, 5.74) is 5.34. The number of carboxylic acids is 1. The monoisotopic (exact) mass is 882 g/mol. The van der Waals surface area contributed by atoms with E-state index in [2.05, 4.69) is 60.9 Å². The van der Waals surface area contributed by atoms with Crippen molar-refractivity contribution in [1.82, 2.24) is 0 Å². The van der Waals surface area contributed by atoms with Gasteiger partial charge in [-0.3, -0.25) is 23.4 Å². The number of rotatable bonds is 43. The number of carbonyl (C=O) groups excluding carboxylic acids is 2. The molecule has 0 aromatic heterocycles. The normalized spacial score (nSPS) is 17.4. The van der Waals surface area contributed by atoms with Crippen LogP contribution in [0.15, 0.2) is 48.6 Å². The van der Waals surface area contributed by atoms with Gasteiger partial charge in [0.15, 0.2) is 6.10 Å². The largest absolute Gasteiger partial charge is 0.480 e. The van der Waals surface area contributed by atoms with E-state index in [0.29, 0.717) is 31.5 Å². The van der Waals surface area contributed by atoms with Crippen LogP contribution in [0, 0.1) is 0 Å². The van der Waals surface area contributed by atoms with Gasteiger partial charge in [0, 0.05) is 12.8 Å². The average Bonchev–Trinajstić information content (AvgIpc) is 3.99. The van der Waals surface area contributed by atoms with Gasteiger partial charge in [-0.1, -0.05) is 159 Å². The van der Waals surface area contributed by atoms with Crippen LogP contribution in [0.4, 0.5) is 0 Å². The quantitative estimate of drug-likeness (QED) is 0.0173. The van der Waals surface area contributed by atoms with Crippen molar-refractivity contribution in [2.24, 2.45) is 5.73 Å². The Balaban J connectivity index is 2.27. The van der Waals surface area contributed by atoms with Crippen molar-refractivity contribution in [2.45, 2.75) is 218 Å². The predicted octanol–water partition coefficient (Wildman–Crippen LogP) is 11.9. The summed E-state index contributed by atoms with van der Waals surface area (Å²) < 4.78 is 38.4. The summed E-state index contributed by atoms with van der Waals surface area (Å²) in [6, 6.07) is -1.53. The van der Waals surface area contributed by atoms with E-state index in [1.807, 2.05) is 6.08 Å². The number of ether oxygens (including phenoxy) is 3. The number of phosphoric ester groups is 1. The molecule has 3 unspecified atom stereocenters. The highest BCUT2D eigenvalue weighted by Crippen LogP contribution is 2.43. The molecule has 0 radical (unpaired) electrons. The molecule has 0 amide bonds. The second kappa shape index (κ2) is 39.0. The summed E-state index contributed by atoms with van der Waals surface area (Å²) in [6.45, 7) is 2.72. The van der Waals surface area contributed by atoms with Crippen LogP contribution >= 0.6 is 7.82 Å². The van der Waals surface area contributed by atoms with Crippen LogP contribution in [0.2, 0.25) is 0 Å². The Kier molecular flexibility index (Phi) is 36.1. The van der Waals surface area contributed by atoms with Crippen molar-refractivity contribution < 1.29 is 52.2 Å². The zero-order valence-electron chi connectivity index (χ0n) is 37.9. The molecule has 0 bridgehead atoms. The minimum Gasteiger partial charge on any atom is -0.480 e. The molecule has 4 N–H and O–H groups in total. The van der Waals surface area contributed by atoms with Crippen molar-refractivity contribution in [3.8, 4) is 0 Å². The standard InChI is InChI=1S/C48H84NO11P/c1-3-5-7-8-9-10-11-12-13-14-15-16-17-18-19-24-27-30-34-38-47(51)59-42(40-57-61(54,55)58-41-43(49)48(52)53)39-56-46(50)37-33-29-26-23-21-20-22-25-28-32-36-45-44(60-45)35-31-6-4-2/h12-13,20,22-23,26,28,32,42-45H,3-11,14-19,21,24-25,27,29-31,33-41,49H2,1-2H3,(H,52,53)(H,54,55)/b13-12-,22-20-,26-23-,32-28-/t42-,43+,44?,45?/m1/s1. The fourth-order valence-electron chi connectivity index (χ4n) is 6.62. The third-order valence-corrected chi connectivity index (χ3v) is 11.4. The number of carboxylic acid groups (broad SMARTS) is 1. The van der Waals surface area contributed by atoms with Gasteiger partial charge < -0.3 is 29.9 Å². The van der Waals surface area contributed by atoms with E-state index in [0.717, 1.165) is 38.5 Å². The molecule has 5 atom stereocenters. The number of esters is 2. The van der Waals surface area contributed by atoms with Crippen LogP contribution in [0.5, 0.6) is 0 Å². The molecule has 1 fully saturated rings. The van der Waals surface area contributed by atoms with Crippen LogP contribution in [0.3, 0.4) is 0 Å². The van der Waals surface area contributed by atoms with Gasteiger partial charge in [0.1, 0.15) is 12.6 Å². The molecule has 1 heterocycles. The van der Waals surface area contributed by atoms with Crippen molar-refractivity contribution >= 4 is 25.7 Å². The Hall–Kier alpha value is -2.60. The van der Waals surface area contributed by atoms with Crippen LogP contribution in [-0.2, 0) is 42.2 Å². The lowest BCUT2D eigenvalue weighted by atomic mass is 10.1. The van der Waals surface area contributed by atoms with Crippen molar-refractivity contribution in [1.29, 1.82) is 0 Å². The van der Waals surface area contributed by atoms with Gasteiger partial charge in [-0.15, -0.1) is 0 Å². The molecule has 1 aliphatic heterocycles. The predicted molar refractivity (Wildman–Crippen MR) is 244 cm³/mol. The maximum Gasteiger partial charge on any atom is 0.472 e. The average molecular weight is 882 g/mol. The molecule has 13 heteroatoms. The lowest BCUT2D eigenvalue weighted by Gasteiger charge is -2.20. The first-order chi connectivity index (χ1) is 29.6. The maximum absolute atomic E-state index is 12.7. The fraction of sp³-hybridized carbons (Fsp3) is 0.771. The minimum atomic E-state index is -4.74. The molecule has 0 aliphatic carbocycles. The Morgan fingerprint density at radius 1 is 0.607 bits per heavy atom.